The minimum atomic E-state index is -0.191. The second-order valence-corrected chi connectivity index (χ2v) is 9.46. The van der Waals surface area contributed by atoms with Gasteiger partial charge in [-0.25, -0.2) is 4.79 Å². The molecule has 0 radical (unpaired) electrons. The molecule has 5 rings (SSSR count). The number of ether oxygens (including phenoxy) is 3. The zero-order valence-electron chi connectivity index (χ0n) is 21.9. The van der Waals surface area contributed by atoms with E-state index < -0.39 is 0 Å². The monoisotopic (exact) mass is 517 g/mol. The van der Waals surface area contributed by atoms with E-state index in [2.05, 4.69) is 21.7 Å². The maximum Gasteiger partial charge on any atom is 0.319 e. The van der Waals surface area contributed by atoms with Crippen molar-refractivity contribution in [3.05, 3.63) is 53.2 Å². The number of nitriles is 1. The lowest BCUT2D eigenvalue weighted by Crippen LogP contribution is -2.30. The van der Waals surface area contributed by atoms with Crippen LogP contribution in [-0.4, -0.2) is 61.8 Å². The molecule has 10 heteroatoms. The molecule has 2 aliphatic rings. The summed E-state index contributed by atoms with van der Waals surface area (Å²) in [5, 5.41) is 16.2. The van der Waals surface area contributed by atoms with Crippen LogP contribution in [0.4, 0.5) is 10.5 Å². The summed E-state index contributed by atoms with van der Waals surface area (Å²) in [7, 11) is 3.38. The van der Waals surface area contributed by atoms with Gasteiger partial charge in [-0.05, 0) is 62.1 Å². The lowest BCUT2D eigenvalue weighted by Gasteiger charge is -2.16. The number of carbonyl (C=O) groups is 2. The predicted octanol–water partition coefficient (Wildman–Crippen LogP) is 4.28. The van der Waals surface area contributed by atoms with Gasteiger partial charge in [-0.3, -0.25) is 9.78 Å². The Bertz CT molecular complexity index is 1380. The van der Waals surface area contributed by atoms with Gasteiger partial charge in [0, 0.05) is 43.5 Å². The van der Waals surface area contributed by atoms with E-state index in [0.717, 1.165) is 36.1 Å². The molecule has 1 atom stereocenters. The number of benzene rings is 2. The largest absolute Gasteiger partial charge is 0.489 e. The number of pyridine rings is 1. The van der Waals surface area contributed by atoms with Crippen molar-refractivity contribution < 1.29 is 23.8 Å². The highest BCUT2D eigenvalue weighted by Gasteiger charge is 2.25. The average Bonchev–Trinajstić information content (AvgIpc) is 3.84. The number of rotatable bonds is 8. The number of carbonyl (C=O) groups excluding carboxylic acids is 2. The van der Waals surface area contributed by atoms with Crippen molar-refractivity contribution in [3.8, 4) is 23.3 Å². The van der Waals surface area contributed by atoms with Crippen LogP contribution in [0.5, 0.6) is 17.2 Å². The highest BCUT2D eigenvalue weighted by Crippen LogP contribution is 2.36. The van der Waals surface area contributed by atoms with E-state index in [1.807, 2.05) is 26.0 Å². The Hall–Kier alpha value is -4.36. The number of anilines is 1. The number of nitrogens with zero attached hydrogens (tertiary/aromatic N) is 3. The maximum absolute atomic E-state index is 12.1. The molecule has 0 unspecified atom stereocenters. The van der Waals surface area contributed by atoms with Gasteiger partial charge in [0.15, 0.2) is 0 Å². The van der Waals surface area contributed by atoms with Gasteiger partial charge in [-0.1, -0.05) is 0 Å². The van der Waals surface area contributed by atoms with E-state index in [-0.39, 0.29) is 12.1 Å². The van der Waals surface area contributed by atoms with Gasteiger partial charge in [-0.2, -0.15) is 5.26 Å². The van der Waals surface area contributed by atoms with Crippen LogP contribution in [-0.2, 0) is 9.53 Å². The summed E-state index contributed by atoms with van der Waals surface area (Å²) in [6.07, 6.45) is 4.58. The van der Waals surface area contributed by atoms with Crippen LogP contribution in [0.15, 0.2) is 36.5 Å². The quantitative estimate of drug-likeness (QED) is 0.337. The number of hydrogen-bond donors (Lipinski definition) is 2. The van der Waals surface area contributed by atoms with Gasteiger partial charge in [0.1, 0.15) is 36.0 Å². The number of aromatic nitrogens is 1. The van der Waals surface area contributed by atoms with E-state index in [1.54, 1.807) is 38.5 Å². The first-order chi connectivity index (χ1) is 18.3. The van der Waals surface area contributed by atoms with Crippen LogP contribution in [0.25, 0.3) is 10.9 Å². The van der Waals surface area contributed by atoms with Crippen LogP contribution >= 0.6 is 0 Å². The smallest absolute Gasteiger partial charge is 0.319 e. The van der Waals surface area contributed by atoms with Crippen molar-refractivity contribution in [2.24, 2.45) is 0 Å². The molecule has 2 heterocycles. The van der Waals surface area contributed by atoms with Crippen LogP contribution < -0.4 is 20.1 Å². The van der Waals surface area contributed by atoms with Crippen molar-refractivity contribution in [1.82, 2.24) is 15.2 Å². The van der Waals surface area contributed by atoms with Gasteiger partial charge in [-0.15, -0.1) is 0 Å². The van der Waals surface area contributed by atoms with E-state index >= 15 is 0 Å². The standard InChI is InChI=1S/C25H24N4O4.C3H7NO/c1-14-15(2)22(6-5-20(14)29-25(30)28-17-3-4-17)33-23-7-8-27-21-10-24(32-13-18-12-31-18)16(11-26)9-19(21)23;1-4(2)3-5/h5-10,17-18H,3-4,12-13H2,1-2H3,(H2,28,29,30);3H,1-2H3/t18-;/m1./s1. The minimum absolute atomic E-state index is 0.0957. The van der Waals surface area contributed by atoms with E-state index in [0.29, 0.717) is 53.0 Å². The fourth-order valence-electron chi connectivity index (χ4n) is 3.52. The SMILES string of the molecule is CN(C)C=O.Cc1c(NC(=O)NC2CC2)ccc(Oc2ccnc3cc(OC[C@H]4CO4)c(C#N)cc23)c1C. The molecule has 1 aliphatic heterocycles. The van der Waals surface area contributed by atoms with Crippen molar-refractivity contribution in [3.63, 3.8) is 0 Å². The fourth-order valence-corrected chi connectivity index (χ4v) is 3.52. The first-order valence-corrected chi connectivity index (χ1v) is 12.3. The summed E-state index contributed by atoms with van der Waals surface area (Å²) in [5.74, 6) is 1.73. The Morgan fingerprint density at radius 1 is 1.18 bits per heavy atom. The molecule has 0 bridgehead atoms. The number of nitrogens with one attached hydrogen (secondary N) is 2. The molecule has 1 saturated heterocycles. The molecule has 10 nitrogen and oxygen atoms in total. The van der Waals surface area contributed by atoms with Gasteiger partial charge in [0.25, 0.3) is 0 Å². The van der Waals surface area contributed by atoms with E-state index in [9.17, 15) is 14.9 Å². The molecule has 2 N–H and O–H groups in total. The molecule has 1 aromatic heterocycles. The lowest BCUT2D eigenvalue weighted by molar-refractivity contribution is -0.115. The van der Waals surface area contributed by atoms with Crippen LogP contribution in [0.2, 0.25) is 0 Å². The van der Waals surface area contributed by atoms with Crippen LogP contribution in [0, 0.1) is 25.2 Å². The zero-order valence-corrected chi connectivity index (χ0v) is 21.9. The highest BCUT2D eigenvalue weighted by molar-refractivity contribution is 5.91. The normalized spacial score (nSPS) is 15.4. The Labute approximate surface area is 221 Å². The van der Waals surface area contributed by atoms with E-state index in [4.69, 9.17) is 14.2 Å². The molecule has 1 aliphatic carbocycles. The summed E-state index contributed by atoms with van der Waals surface area (Å²) >= 11 is 0. The first kappa shape index (κ1) is 26.7. The number of urea groups is 1. The molecule has 3 amide bonds. The van der Waals surface area contributed by atoms with Gasteiger partial charge in [0.2, 0.25) is 6.41 Å². The Kier molecular flexibility index (Phi) is 8.28. The Morgan fingerprint density at radius 2 is 1.92 bits per heavy atom. The molecule has 38 heavy (non-hydrogen) atoms. The van der Waals surface area contributed by atoms with Gasteiger partial charge < -0.3 is 29.7 Å². The number of amides is 3. The summed E-state index contributed by atoms with van der Waals surface area (Å²) in [5.41, 5.74) is 3.66. The molecule has 198 valence electrons. The fraction of sp³-hybridized carbons (Fsp3) is 0.357. The summed E-state index contributed by atoms with van der Waals surface area (Å²) in [6.45, 7) is 4.99. The van der Waals surface area contributed by atoms with E-state index in [1.165, 1.54) is 4.90 Å². The molecule has 3 aromatic rings. The Balaban J connectivity index is 0.000000617. The first-order valence-electron chi connectivity index (χ1n) is 12.3. The van der Waals surface area contributed by atoms with Crippen molar-refractivity contribution in [1.29, 1.82) is 5.26 Å². The predicted molar refractivity (Wildman–Crippen MR) is 143 cm³/mol. The van der Waals surface area contributed by atoms with Crippen LogP contribution in [0.1, 0.15) is 29.5 Å². The molecular formula is C28H31N5O5. The zero-order chi connectivity index (χ0) is 27.2. The minimum Gasteiger partial charge on any atom is -0.489 e. The Morgan fingerprint density at radius 3 is 2.55 bits per heavy atom. The van der Waals surface area contributed by atoms with Crippen LogP contribution in [0.3, 0.4) is 0 Å². The molecular weight excluding hydrogens is 486 g/mol. The van der Waals surface area contributed by atoms with Gasteiger partial charge >= 0.3 is 6.03 Å². The molecule has 0 spiro atoms. The summed E-state index contributed by atoms with van der Waals surface area (Å²) in [4.78, 5) is 27.4. The molecule has 1 saturated carbocycles. The summed E-state index contributed by atoms with van der Waals surface area (Å²) in [6, 6.07) is 11.2. The third kappa shape index (κ3) is 6.89. The highest BCUT2D eigenvalue weighted by atomic mass is 16.6. The maximum atomic E-state index is 12.1. The van der Waals surface area contributed by atoms with Crippen molar-refractivity contribution in [2.45, 2.75) is 38.8 Å². The van der Waals surface area contributed by atoms with Crippen molar-refractivity contribution in [2.75, 3.05) is 32.6 Å². The average molecular weight is 518 g/mol. The summed E-state index contributed by atoms with van der Waals surface area (Å²) < 4.78 is 17.2. The number of fused-ring (bicyclic) bond motifs is 1. The van der Waals surface area contributed by atoms with Gasteiger partial charge in [0.05, 0.1) is 17.7 Å². The third-order valence-electron chi connectivity index (χ3n) is 6.08. The topological polar surface area (TPSA) is 129 Å². The van der Waals surface area contributed by atoms with Crippen molar-refractivity contribution >= 4 is 29.0 Å². The molecule has 2 fully saturated rings. The second-order valence-electron chi connectivity index (χ2n) is 9.46. The number of hydrogen-bond acceptors (Lipinski definition) is 7. The lowest BCUT2D eigenvalue weighted by atomic mass is 10.1. The molecule has 2 aromatic carbocycles. The second kappa shape index (κ2) is 11.8. The third-order valence-corrected chi connectivity index (χ3v) is 6.08. The number of epoxide rings is 1.